The summed E-state index contributed by atoms with van der Waals surface area (Å²) in [5, 5.41) is 4.03. The third-order valence-electron chi connectivity index (χ3n) is 2.77. The first-order valence-electron chi connectivity index (χ1n) is 5.71. The van der Waals surface area contributed by atoms with E-state index in [0.717, 1.165) is 16.4 Å². The lowest BCUT2D eigenvalue weighted by Crippen LogP contribution is -2.01. The minimum absolute atomic E-state index is 0.142. The van der Waals surface area contributed by atoms with Gasteiger partial charge in [0, 0.05) is 0 Å². The standard InChI is InChI=1S/C14H11Cl2NOS2/c1-8-6-7-10(15)13(12(8)16)17-11-5-3-2-4-9(11)14(18)20-19/h2-7,17,19H,1H3. The molecular weight excluding hydrogens is 333 g/mol. The molecule has 2 rings (SSSR count). The fourth-order valence-electron chi connectivity index (χ4n) is 1.73. The third-order valence-corrected chi connectivity index (χ3v) is 4.46. The van der Waals surface area contributed by atoms with Gasteiger partial charge in [0.25, 0.3) is 0 Å². The largest absolute Gasteiger partial charge is 0.352 e. The van der Waals surface area contributed by atoms with Gasteiger partial charge in [-0.3, -0.25) is 4.79 Å². The van der Waals surface area contributed by atoms with Crippen molar-refractivity contribution in [1.82, 2.24) is 0 Å². The topological polar surface area (TPSA) is 29.1 Å². The van der Waals surface area contributed by atoms with Crippen molar-refractivity contribution in [2.75, 3.05) is 5.32 Å². The average molecular weight is 344 g/mol. The van der Waals surface area contributed by atoms with Gasteiger partial charge < -0.3 is 5.32 Å². The summed E-state index contributed by atoms with van der Waals surface area (Å²) in [6.45, 7) is 1.89. The van der Waals surface area contributed by atoms with E-state index >= 15 is 0 Å². The zero-order valence-corrected chi connectivity index (χ0v) is 13.7. The number of nitrogens with one attached hydrogen (secondary N) is 1. The maximum atomic E-state index is 11.8. The van der Waals surface area contributed by atoms with Gasteiger partial charge in [-0.1, -0.05) is 41.4 Å². The lowest BCUT2D eigenvalue weighted by atomic mass is 10.1. The normalized spacial score (nSPS) is 10.4. The summed E-state index contributed by atoms with van der Waals surface area (Å²) >= 11 is 16.4. The molecule has 2 aromatic rings. The van der Waals surface area contributed by atoms with Gasteiger partial charge in [0.05, 0.1) is 27.0 Å². The Kier molecular flexibility index (Phi) is 5.27. The zero-order chi connectivity index (χ0) is 14.7. The van der Waals surface area contributed by atoms with Crippen LogP contribution in [0.2, 0.25) is 10.0 Å². The van der Waals surface area contributed by atoms with Crippen molar-refractivity contribution in [3.63, 3.8) is 0 Å². The molecule has 6 heteroatoms. The number of thiol groups is 1. The lowest BCUT2D eigenvalue weighted by Gasteiger charge is -2.14. The van der Waals surface area contributed by atoms with Gasteiger partial charge in [-0.05, 0) is 41.5 Å². The van der Waals surface area contributed by atoms with Crippen LogP contribution in [0.4, 0.5) is 11.4 Å². The second-order valence-corrected chi connectivity index (χ2v) is 5.99. The molecule has 0 aliphatic rings. The molecule has 0 radical (unpaired) electrons. The molecule has 0 saturated carbocycles. The van der Waals surface area contributed by atoms with Gasteiger partial charge in [-0.25, -0.2) is 0 Å². The van der Waals surface area contributed by atoms with E-state index < -0.39 is 0 Å². The van der Waals surface area contributed by atoms with E-state index in [0.29, 0.717) is 27.0 Å². The van der Waals surface area contributed by atoms with Crippen molar-refractivity contribution in [2.24, 2.45) is 0 Å². The van der Waals surface area contributed by atoms with E-state index in [-0.39, 0.29) is 5.12 Å². The SMILES string of the molecule is Cc1ccc(Cl)c(Nc2ccccc2C(=O)SS)c1Cl. The van der Waals surface area contributed by atoms with Gasteiger partial charge in [-0.15, -0.1) is 11.7 Å². The van der Waals surface area contributed by atoms with E-state index in [9.17, 15) is 4.79 Å². The van der Waals surface area contributed by atoms with Crippen LogP contribution in [-0.2, 0) is 0 Å². The van der Waals surface area contributed by atoms with Crippen molar-refractivity contribution < 1.29 is 4.79 Å². The Balaban J connectivity index is 2.46. The molecule has 0 aromatic heterocycles. The van der Waals surface area contributed by atoms with Crippen LogP contribution in [0.3, 0.4) is 0 Å². The number of benzene rings is 2. The predicted molar refractivity (Wildman–Crippen MR) is 91.8 cm³/mol. The molecule has 0 fully saturated rings. The van der Waals surface area contributed by atoms with Crippen molar-refractivity contribution in [2.45, 2.75) is 6.92 Å². The van der Waals surface area contributed by atoms with E-state index in [4.69, 9.17) is 23.2 Å². The highest BCUT2D eigenvalue weighted by Crippen LogP contribution is 2.36. The number of aryl methyl sites for hydroxylation is 1. The van der Waals surface area contributed by atoms with Crippen molar-refractivity contribution in [3.05, 3.63) is 57.6 Å². The molecule has 0 atom stereocenters. The van der Waals surface area contributed by atoms with E-state index in [1.165, 1.54) is 0 Å². The summed E-state index contributed by atoms with van der Waals surface area (Å²) in [5.41, 5.74) is 2.68. The summed E-state index contributed by atoms with van der Waals surface area (Å²) in [6, 6.07) is 10.8. The highest BCUT2D eigenvalue weighted by Gasteiger charge is 2.14. The summed E-state index contributed by atoms with van der Waals surface area (Å²) in [7, 11) is 0.864. The number of carbonyl (C=O) groups is 1. The Labute approximate surface area is 136 Å². The molecule has 0 bridgehead atoms. The molecule has 0 spiro atoms. The van der Waals surface area contributed by atoms with Crippen LogP contribution in [-0.4, -0.2) is 5.12 Å². The smallest absolute Gasteiger partial charge is 0.231 e. The minimum atomic E-state index is -0.142. The second-order valence-electron chi connectivity index (χ2n) is 4.10. The molecule has 0 heterocycles. The van der Waals surface area contributed by atoms with Crippen molar-refractivity contribution in [1.29, 1.82) is 0 Å². The van der Waals surface area contributed by atoms with Gasteiger partial charge in [0.1, 0.15) is 0 Å². The average Bonchev–Trinajstić information content (AvgIpc) is 2.47. The summed E-state index contributed by atoms with van der Waals surface area (Å²) < 4.78 is 0. The van der Waals surface area contributed by atoms with E-state index in [2.05, 4.69) is 17.0 Å². The Morgan fingerprint density at radius 3 is 2.60 bits per heavy atom. The summed E-state index contributed by atoms with van der Waals surface area (Å²) in [4.78, 5) is 11.8. The van der Waals surface area contributed by atoms with Crippen LogP contribution in [0.15, 0.2) is 36.4 Å². The zero-order valence-electron chi connectivity index (χ0n) is 10.5. The van der Waals surface area contributed by atoms with Gasteiger partial charge >= 0.3 is 0 Å². The number of anilines is 2. The molecule has 0 unspecified atom stereocenters. The van der Waals surface area contributed by atoms with Crippen LogP contribution in [0.5, 0.6) is 0 Å². The third kappa shape index (κ3) is 3.26. The fraction of sp³-hybridized carbons (Fsp3) is 0.0714. The number of halogens is 2. The lowest BCUT2D eigenvalue weighted by molar-refractivity contribution is 0.109. The molecule has 104 valence electrons. The van der Waals surface area contributed by atoms with Crippen LogP contribution in [0, 0.1) is 6.92 Å². The van der Waals surface area contributed by atoms with Crippen LogP contribution < -0.4 is 5.32 Å². The Morgan fingerprint density at radius 1 is 1.20 bits per heavy atom. The van der Waals surface area contributed by atoms with E-state index in [1.54, 1.807) is 24.3 Å². The predicted octanol–water partition coefficient (Wildman–Crippen LogP) is 5.76. The monoisotopic (exact) mass is 343 g/mol. The van der Waals surface area contributed by atoms with Crippen molar-refractivity contribution in [3.8, 4) is 0 Å². The molecule has 0 aliphatic carbocycles. The van der Waals surface area contributed by atoms with E-state index in [1.807, 2.05) is 19.1 Å². The Morgan fingerprint density at radius 2 is 1.90 bits per heavy atom. The number of rotatable bonds is 3. The molecule has 0 saturated heterocycles. The second kappa shape index (κ2) is 6.76. The highest BCUT2D eigenvalue weighted by atomic mass is 35.5. The Bertz CT molecular complexity index is 662. The molecule has 2 aromatic carbocycles. The fourth-order valence-corrected chi connectivity index (χ4v) is 2.76. The van der Waals surface area contributed by atoms with Gasteiger partial charge in [0.2, 0.25) is 5.12 Å². The maximum absolute atomic E-state index is 11.8. The number of hydrogen-bond acceptors (Lipinski definition) is 4. The molecule has 1 N–H and O–H groups in total. The summed E-state index contributed by atoms with van der Waals surface area (Å²) in [5.74, 6) is 0. The quantitative estimate of drug-likeness (QED) is 0.548. The van der Waals surface area contributed by atoms with Crippen molar-refractivity contribution >= 4 is 62.1 Å². The van der Waals surface area contributed by atoms with Gasteiger partial charge in [-0.2, -0.15) is 0 Å². The van der Waals surface area contributed by atoms with Gasteiger partial charge in [0.15, 0.2) is 0 Å². The summed E-state index contributed by atoms with van der Waals surface area (Å²) in [6.07, 6.45) is 0. The molecule has 20 heavy (non-hydrogen) atoms. The first-order valence-corrected chi connectivity index (χ1v) is 8.33. The minimum Gasteiger partial charge on any atom is -0.352 e. The van der Waals surface area contributed by atoms with Crippen LogP contribution >= 0.6 is 45.7 Å². The van der Waals surface area contributed by atoms with Crippen LogP contribution in [0.25, 0.3) is 0 Å². The Hall–Kier alpha value is -0.810. The number of carbonyl (C=O) groups excluding carboxylic acids is 1. The first kappa shape index (κ1) is 15.6. The first-order chi connectivity index (χ1) is 9.54. The number of hydrogen-bond donors (Lipinski definition) is 2. The molecule has 0 aliphatic heterocycles. The molecular formula is C14H11Cl2NOS2. The molecule has 0 amide bonds. The molecule has 2 nitrogen and oxygen atoms in total. The highest BCUT2D eigenvalue weighted by molar-refractivity contribution is 8.75. The van der Waals surface area contributed by atoms with Crippen LogP contribution in [0.1, 0.15) is 15.9 Å². The number of para-hydroxylation sites is 1. The maximum Gasteiger partial charge on any atom is 0.231 e.